The van der Waals surface area contributed by atoms with Gasteiger partial charge in [0.25, 0.3) is 0 Å². The van der Waals surface area contributed by atoms with Gasteiger partial charge in [0.1, 0.15) is 11.5 Å². The highest BCUT2D eigenvalue weighted by atomic mass is 16.5. The van der Waals surface area contributed by atoms with Crippen molar-refractivity contribution in [3.63, 3.8) is 0 Å². The van der Waals surface area contributed by atoms with E-state index < -0.39 is 0 Å². The van der Waals surface area contributed by atoms with Crippen LogP contribution < -0.4 is 24.7 Å². The zero-order valence-corrected chi connectivity index (χ0v) is 16.3. The lowest BCUT2D eigenvalue weighted by Gasteiger charge is -2.13. The topological polar surface area (TPSA) is 80.0 Å². The standard InChI is InChI=1S/C21H25NO5/c1-6-27-18-8-7-14(11-17(18)22)20(23)13(2)9-15-10-16(24-3)12-19(25-4)21(15)26-5/h7-12H,6,22H2,1-5H3. The quantitative estimate of drug-likeness (QED) is 0.429. The maximum atomic E-state index is 12.8. The Morgan fingerprint density at radius 3 is 2.33 bits per heavy atom. The minimum absolute atomic E-state index is 0.145. The molecule has 0 bridgehead atoms. The van der Waals surface area contributed by atoms with Gasteiger partial charge >= 0.3 is 0 Å². The van der Waals surface area contributed by atoms with E-state index in [9.17, 15) is 4.79 Å². The Balaban J connectivity index is 2.42. The normalized spacial score (nSPS) is 11.1. The Hall–Kier alpha value is -3.15. The number of allylic oxidation sites excluding steroid dienone is 1. The highest BCUT2D eigenvalue weighted by molar-refractivity contribution is 6.11. The summed E-state index contributed by atoms with van der Waals surface area (Å²) in [6.07, 6.45) is 1.73. The molecule has 0 spiro atoms. The van der Waals surface area contributed by atoms with Crippen molar-refractivity contribution in [2.24, 2.45) is 0 Å². The Bertz CT molecular complexity index is 858. The van der Waals surface area contributed by atoms with Crippen LogP contribution in [0.4, 0.5) is 5.69 Å². The van der Waals surface area contributed by atoms with Crippen molar-refractivity contribution in [3.8, 4) is 23.0 Å². The molecule has 6 heteroatoms. The molecule has 2 aromatic rings. The van der Waals surface area contributed by atoms with Crippen molar-refractivity contribution in [1.29, 1.82) is 0 Å². The van der Waals surface area contributed by atoms with E-state index in [1.807, 2.05) is 6.92 Å². The summed E-state index contributed by atoms with van der Waals surface area (Å²) in [7, 11) is 4.66. The van der Waals surface area contributed by atoms with Crippen LogP contribution in [0.15, 0.2) is 35.9 Å². The van der Waals surface area contributed by atoms with Gasteiger partial charge in [0.05, 0.1) is 33.6 Å². The number of rotatable bonds is 8. The van der Waals surface area contributed by atoms with Crippen LogP contribution in [-0.2, 0) is 0 Å². The van der Waals surface area contributed by atoms with Gasteiger partial charge in [0.2, 0.25) is 0 Å². The third-order valence-electron chi connectivity index (χ3n) is 4.02. The van der Waals surface area contributed by atoms with Crippen LogP contribution in [-0.4, -0.2) is 33.7 Å². The van der Waals surface area contributed by atoms with Gasteiger partial charge in [-0.1, -0.05) is 0 Å². The second-order valence-electron chi connectivity index (χ2n) is 5.79. The predicted octanol–water partition coefficient (Wildman–Crippen LogP) is 3.98. The van der Waals surface area contributed by atoms with Gasteiger partial charge in [0, 0.05) is 17.2 Å². The van der Waals surface area contributed by atoms with Crippen LogP contribution in [0, 0.1) is 0 Å². The summed E-state index contributed by atoms with van der Waals surface area (Å²) >= 11 is 0. The number of anilines is 1. The molecular weight excluding hydrogens is 346 g/mol. The average molecular weight is 371 g/mol. The first-order valence-corrected chi connectivity index (χ1v) is 8.50. The smallest absolute Gasteiger partial charge is 0.188 e. The molecule has 0 saturated carbocycles. The second kappa shape index (κ2) is 8.98. The summed E-state index contributed by atoms with van der Waals surface area (Å²) in [6, 6.07) is 8.53. The molecule has 2 aromatic carbocycles. The fourth-order valence-electron chi connectivity index (χ4n) is 2.70. The van der Waals surface area contributed by atoms with Crippen LogP contribution in [0.3, 0.4) is 0 Å². The Labute approximate surface area is 159 Å². The minimum atomic E-state index is -0.145. The molecule has 2 rings (SSSR count). The van der Waals surface area contributed by atoms with E-state index in [2.05, 4.69) is 0 Å². The molecule has 144 valence electrons. The van der Waals surface area contributed by atoms with Gasteiger partial charge in [-0.3, -0.25) is 4.79 Å². The van der Waals surface area contributed by atoms with E-state index in [-0.39, 0.29) is 5.78 Å². The molecule has 2 N–H and O–H groups in total. The fourth-order valence-corrected chi connectivity index (χ4v) is 2.70. The fraction of sp³-hybridized carbons (Fsp3) is 0.286. The molecule has 0 unspecified atom stereocenters. The summed E-state index contributed by atoms with van der Waals surface area (Å²) < 4.78 is 21.5. The number of nitrogens with two attached hydrogens (primary N) is 1. The number of methoxy groups -OCH3 is 3. The summed E-state index contributed by atoms with van der Waals surface area (Å²) in [5.74, 6) is 2.07. The van der Waals surface area contributed by atoms with Gasteiger partial charge in [-0.05, 0) is 49.8 Å². The number of hydrogen-bond donors (Lipinski definition) is 1. The van der Waals surface area contributed by atoms with Crippen molar-refractivity contribution in [1.82, 2.24) is 0 Å². The third-order valence-corrected chi connectivity index (χ3v) is 4.02. The Kier molecular flexibility index (Phi) is 6.71. The lowest BCUT2D eigenvalue weighted by molar-refractivity contribution is 0.103. The van der Waals surface area contributed by atoms with Gasteiger partial charge in [0.15, 0.2) is 17.3 Å². The van der Waals surface area contributed by atoms with Gasteiger partial charge < -0.3 is 24.7 Å². The van der Waals surface area contributed by atoms with Crippen molar-refractivity contribution in [3.05, 3.63) is 47.0 Å². The molecule has 6 nitrogen and oxygen atoms in total. The van der Waals surface area contributed by atoms with Crippen LogP contribution in [0.2, 0.25) is 0 Å². The number of hydrogen-bond acceptors (Lipinski definition) is 6. The van der Waals surface area contributed by atoms with Crippen molar-refractivity contribution >= 4 is 17.5 Å². The maximum Gasteiger partial charge on any atom is 0.188 e. The maximum absolute atomic E-state index is 12.8. The molecule has 0 aromatic heterocycles. The molecule has 0 aliphatic rings. The third kappa shape index (κ3) is 4.53. The van der Waals surface area contributed by atoms with E-state index in [1.54, 1.807) is 64.7 Å². The summed E-state index contributed by atoms with van der Waals surface area (Å²) in [5.41, 5.74) is 8.08. The monoisotopic (exact) mass is 371 g/mol. The zero-order chi connectivity index (χ0) is 20.0. The highest BCUT2D eigenvalue weighted by Gasteiger charge is 2.15. The molecule has 0 fully saturated rings. The van der Waals surface area contributed by atoms with Gasteiger partial charge in [-0.15, -0.1) is 0 Å². The molecule has 0 saturated heterocycles. The zero-order valence-electron chi connectivity index (χ0n) is 16.3. The van der Waals surface area contributed by atoms with E-state index in [4.69, 9.17) is 24.7 Å². The molecule has 0 atom stereocenters. The summed E-state index contributed by atoms with van der Waals surface area (Å²) in [5, 5.41) is 0. The Morgan fingerprint density at radius 1 is 1.04 bits per heavy atom. The first-order chi connectivity index (χ1) is 12.9. The highest BCUT2D eigenvalue weighted by Crippen LogP contribution is 2.37. The SMILES string of the molecule is CCOc1ccc(C(=O)C(C)=Cc2cc(OC)cc(OC)c2OC)cc1N. The Morgan fingerprint density at radius 2 is 1.78 bits per heavy atom. The molecule has 27 heavy (non-hydrogen) atoms. The first-order valence-electron chi connectivity index (χ1n) is 8.50. The van der Waals surface area contributed by atoms with E-state index in [0.717, 1.165) is 0 Å². The lowest BCUT2D eigenvalue weighted by Crippen LogP contribution is -2.04. The second-order valence-corrected chi connectivity index (χ2v) is 5.79. The van der Waals surface area contributed by atoms with E-state index in [1.165, 1.54) is 0 Å². The number of carbonyl (C=O) groups excluding carboxylic acids is 1. The van der Waals surface area contributed by atoms with Crippen molar-refractivity contribution in [2.45, 2.75) is 13.8 Å². The number of Topliss-reactive ketones (excluding diaryl/α,β-unsaturated/α-hetero) is 1. The minimum Gasteiger partial charge on any atom is -0.497 e. The number of benzene rings is 2. The molecular formula is C21H25NO5. The van der Waals surface area contributed by atoms with Crippen LogP contribution in [0.1, 0.15) is 29.8 Å². The van der Waals surface area contributed by atoms with Crippen molar-refractivity contribution < 1.29 is 23.7 Å². The van der Waals surface area contributed by atoms with Crippen molar-refractivity contribution in [2.75, 3.05) is 33.7 Å². The molecule has 0 amide bonds. The van der Waals surface area contributed by atoms with Gasteiger partial charge in [-0.2, -0.15) is 0 Å². The molecule has 0 aliphatic heterocycles. The van der Waals surface area contributed by atoms with E-state index in [0.29, 0.717) is 52.0 Å². The molecule has 0 aliphatic carbocycles. The van der Waals surface area contributed by atoms with E-state index >= 15 is 0 Å². The number of nitrogen functional groups attached to an aromatic ring is 1. The number of ether oxygens (including phenoxy) is 4. The lowest BCUT2D eigenvalue weighted by atomic mass is 10.0. The molecule has 0 radical (unpaired) electrons. The largest absolute Gasteiger partial charge is 0.497 e. The number of carbonyl (C=O) groups is 1. The summed E-state index contributed by atoms with van der Waals surface area (Å²) in [6.45, 7) is 4.12. The van der Waals surface area contributed by atoms with Crippen LogP contribution in [0.5, 0.6) is 23.0 Å². The van der Waals surface area contributed by atoms with Gasteiger partial charge in [-0.25, -0.2) is 0 Å². The first kappa shape index (κ1) is 20.2. The van der Waals surface area contributed by atoms with Crippen LogP contribution >= 0.6 is 0 Å². The number of ketones is 1. The molecule has 0 heterocycles. The van der Waals surface area contributed by atoms with Crippen LogP contribution in [0.25, 0.3) is 6.08 Å². The average Bonchev–Trinajstić information content (AvgIpc) is 2.68. The summed E-state index contributed by atoms with van der Waals surface area (Å²) in [4.78, 5) is 12.8. The predicted molar refractivity (Wildman–Crippen MR) is 106 cm³/mol.